The second-order valence-electron chi connectivity index (χ2n) is 6.14. The number of rotatable bonds is 7. The first-order valence-electron chi connectivity index (χ1n) is 8.95. The molecule has 0 N–H and O–H groups in total. The Labute approximate surface area is 185 Å². The van der Waals surface area contributed by atoms with E-state index in [1.54, 1.807) is 49.4 Å². The van der Waals surface area contributed by atoms with Gasteiger partial charge in [0.25, 0.3) is 11.1 Å². The average molecular weight is 494 g/mol. The molecule has 0 bridgehead atoms. The van der Waals surface area contributed by atoms with Crippen LogP contribution in [0.3, 0.4) is 0 Å². The highest BCUT2D eigenvalue weighted by atomic mass is 79.9. The molecule has 0 unspecified atom stereocenters. The normalized spacial score (nSPS) is 15.0. The van der Waals surface area contributed by atoms with E-state index in [9.17, 15) is 18.8 Å². The molecule has 156 valence electrons. The molecule has 0 radical (unpaired) electrons. The number of nitrogens with zero attached hydrogens (tertiary/aromatic N) is 1. The van der Waals surface area contributed by atoms with Gasteiger partial charge in [0, 0.05) is 5.56 Å². The highest BCUT2D eigenvalue weighted by Crippen LogP contribution is 2.34. The molecule has 6 nitrogen and oxygen atoms in total. The highest BCUT2D eigenvalue weighted by molar-refractivity contribution is 9.10. The van der Waals surface area contributed by atoms with Crippen molar-refractivity contribution in [3.63, 3.8) is 0 Å². The van der Waals surface area contributed by atoms with Crippen molar-refractivity contribution in [3.8, 4) is 5.75 Å². The highest BCUT2D eigenvalue weighted by Gasteiger charge is 2.36. The summed E-state index contributed by atoms with van der Waals surface area (Å²) in [4.78, 5) is 37.1. The maximum atomic E-state index is 13.7. The number of halogens is 2. The molecule has 3 rings (SSSR count). The monoisotopic (exact) mass is 493 g/mol. The molecule has 1 aliphatic rings. The van der Waals surface area contributed by atoms with Crippen LogP contribution in [0.4, 0.5) is 9.18 Å². The molecule has 2 aromatic rings. The molecule has 1 fully saturated rings. The minimum atomic E-state index is -0.639. The van der Waals surface area contributed by atoms with E-state index < -0.39 is 23.7 Å². The maximum absolute atomic E-state index is 13.7. The number of esters is 1. The quantitative estimate of drug-likeness (QED) is 0.408. The smallest absolute Gasteiger partial charge is 0.326 e. The number of hydrogen-bond donors (Lipinski definition) is 0. The van der Waals surface area contributed by atoms with Crippen LogP contribution in [0.15, 0.2) is 51.8 Å². The van der Waals surface area contributed by atoms with E-state index in [1.807, 2.05) is 0 Å². The zero-order chi connectivity index (χ0) is 21.7. The van der Waals surface area contributed by atoms with Crippen LogP contribution in [0.2, 0.25) is 0 Å². The molecule has 0 aromatic heterocycles. The summed E-state index contributed by atoms with van der Waals surface area (Å²) in [5.74, 6) is -1.02. The van der Waals surface area contributed by atoms with Gasteiger partial charge in [-0.3, -0.25) is 19.3 Å². The second-order valence-corrected chi connectivity index (χ2v) is 7.99. The molecule has 1 heterocycles. The van der Waals surface area contributed by atoms with Gasteiger partial charge >= 0.3 is 5.97 Å². The minimum Gasteiger partial charge on any atom is -0.488 e. The number of amides is 2. The molecular weight excluding hydrogens is 477 g/mol. The van der Waals surface area contributed by atoms with E-state index in [2.05, 4.69) is 15.9 Å². The molecule has 1 aliphatic heterocycles. The first-order chi connectivity index (χ1) is 14.4. The zero-order valence-corrected chi connectivity index (χ0v) is 18.3. The van der Waals surface area contributed by atoms with Gasteiger partial charge in [-0.1, -0.05) is 24.3 Å². The van der Waals surface area contributed by atoms with E-state index in [0.29, 0.717) is 21.3 Å². The van der Waals surface area contributed by atoms with Crippen LogP contribution >= 0.6 is 27.7 Å². The summed E-state index contributed by atoms with van der Waals surface area (Å²) in [6, 6.07) is 11.5. The molecule has 2 amide bonds. The number of ether oxygens (including phenoxy) is 2. The Hall–Kier alpha value is -2.65. The fourth-order valence-electron chi connectivity index (χ4n) is 2.62. The molecule has 0 aliphatic carbocycles. The first-order valence-corrected chi connectivity index (χ1v) is 10.6. The van der Waals surface area contributed by atoms with Gasteiger partial charge in [0.2, 0.25) is 0 Å². The van der Waals surface area contributed by atoms with Gasteiger partial charge in [0.1, 0.15) is 24.7 Å². The average Bonchev–Trinajstić information content (AvgIpc) is 2.96. The number of imide groups is 1. The lowest BCUT2D eigenvalue weighted by Crippen LogP contribution is -2.34. The Balaban J connectivity index is 1.69. The summed E-state index contributed by atoms with van der Waals surface area (Å²) in [6.45, 7) is 1.47. The summed E-state index contributed by atoms with van der Waals surface area (Å²) >= 11 is 4.16. The third kappa shape index (κ3) is 5.28. The topological polar surface area (TPSA) is 72.9 Å². The van der Waals surface area contributed by atoms with Crippen molar-refractivity contribution in [2.75, 3.05) is 13.2 Å². The van der Waals surface area contributed by atoms with Crippen LogP contribution < -0.4 is 4.74 Å². The van der Waals surface area contributed by atoms with Crippen LogP contribution in [0.25, 0.3) is 6.08 Å². The van der Waals surface area contributed by atoms with Crippen molar-refractivity contribution in [1.82, 2.24) is 4.90 Å². The van der Waals surface area contributed by atoms with Crippen molar-refractivity contribution >= 4 is 50.9 Å². The van der Waals surface area contributed by atoms with Gasteiger partial charge in [-0.15, -0.1) is 0 Å². The maximum Gasteiger partial charge on any atom is 0.326 e. The number of hydrogen-bond acceptors (Lipinski definition) is 6. The van der Waals surface area contributed by atoms with Crippen LogP contribution in [0, 0.1) is 5.82 Å². The standard InChI is InChI=1S/C21H17BrFNO5S/c1-2-28-19(25)11-24-20(26)18(30-21(24)27)10-13-7-8-17(15(22)9-13)29-12-14-5-3-4-6-16(14)23/h3-10H,2,11-12H2,1H3. The zero-order valence-electron chi connectivity index (χ0n) is 15.9. The lowest BCUT2D eigenvalue weighted by Gasteiger charge is -2.11. The van der Waals surface area contributed by atoms with Crippen LogP contribution in [0.1, 0.15) is 18.1 Å². The number of benzene rings is 2. The molecule has 2 aromatic carbocycles. The second kappa shape index (κ2) is 9.90. The predicted molar refractivity (Wildman–Crippen MR) is 114 cm³/mol. The Morgan fingerprint density at radius 2 is 2.00 bits per heavy atom. The summed E-state index contributed by atoms with van der Waals surface area (Å²) in [5, 5.41) is -0.525. The lowest BCUT2D eigenvalue weighted by atomic mass is 10.2. The Kier molecular flexibility index (Phi) is 7.28. The number of thioether (sulfide) groups is 1. The van der Waals surface area contributed by atoms with Gasteiger partial charge in [0.05, 0.1) is 16.0 Å². The third-order valence-corrected chi connectivity index (χ3v) is 5.59. The van der Waals surface area contributed by atoms with Crippen LogP contribution in [0.5, 0.6) is 5.75 Å². The fraction of sp³-hybridized carbons (Fsp3) is 0.190. The summed E-state index contributed by atoms with van der Waals surface area (Å²) in [7, 11) is 0. The van der Waals surface area contributed by atoms with Gasteiger partial charge in [-0.2, -0.15) is 0 Å². The van der Waals surface area contributed by atoms with Gasteiger partial charge < -0.3 is 9.47 Å². The number of carbonyl (C=O) groups is 3. The Morgan fingerprint density at radius 1 is 1.23 bits per heavy atom. The number of carbonyl (C=O) groups excluding carboxylic acids is 3. The van der Waals surface area contributed by atoms with E-state index >= 15 is 0 Å². The lowest BCUT2D eigenvalue weighted by molar-refractivity contribution is -0.145. The molecule has 9 heteroatoms. The molecule has 0 spiro atoms. The van der Waals surface area contributed by atoms with E-state index in [-0.39, 0.29) is 23.9 Å². The van der Waals surface area contributed by atoms with Crippen LogP contribution in [-0.2, 0) is 20.9 Å². The first kappa shape index (κ1) is 22.0. The molecular formula is C21H17BrFNO5S. The van der Waals surface area contributed by atoms with Gasteiger partial charge in [-0.05, 0) is 64.5 Å². The molecule has 30 heavy (non-hydrogen) atoms. The predicted octanol–water partition coefficient (Wildman–Crippen LogP) is 4.77. The van der Waals surface area contributed by atoms with Crippen molar-refractivity contribution < 1.29 is 28.2 Å². The van der Waals surface area contributed by atoms with Crippen LogP contribution in [-0.4, -0.2) is 35.2 Å². The van der Waals surface area contributed by atoms with Crippen molar-refractivity contribution in [3.05, 3.63) is 68.8 Å². The van der Waals surface area contributed by atoms with E-state index in [4.69, 9.17) is 9.47 Å². The summed E-state index contributed by atoms with van der Waals surface area (Å²) < 4.78 is 24.8. The molecule has 0 saturated carbocycles. The Bertz CT molecular complexity index is 1030. The van der Waals surface area contributed by atoms with Gasteiger partial charge in [0.15, 0.2) is 0 Å². The largest absolute Gasteiger partial charge is 0.488 e. The third-order valence-electron chi connectivity index (χ3n) is 4.06. The molecule has 0 atom stereocenters. The minimum absolute atomic E-state index is 0.0668. The van der Waals surface area contributed by atoms with E-state index in [1.165, 1.54) is 6.07 Å². The SMILES string of the molecule is CCOC(=O)CN1C(=O)SC(=Cc2ccc(OCc3ccccc3F)c(Br)c2)C1=O. The summed E-state index contributed by atoms with van der Waals surface area (Å²) in [6.07, 6.45) is 1.56. The van der Waals surface area contributed by atoms with Crippen molar-refractivity contribution in [2.24, 2.45) is 0 Å². The molecule has 1 saturated heterocycles. The fourth-order valence-corrected chi connectivity index (χ4v) is 3.97. The van der Waals surface area contributed by atoms with E-state index in [0.717, 1.165) is 16.7 Å². The van der Waals surface area contributed by atoms with Gasteiger partial charge in [-0.25, -0.2) is 4.39 Å². The van der Waals surface area contributed by atoms with Crippen molar-refractivity contribution in [2.45, 2.75) is 13.5 Å². The van der Waals surface area contributed by atoms with Crippen molar-refractivity contribution in [1.29, 1.82) is 0 Å². The Morgan fingerprint density at radius 3 is 2.70 bits per heavy atom. The summed E-state index contributed by atoms with van der Waals surface area (Å²) in [5.41, 5.74) is 1.09.